The minimum atomic E-state index is -0.166. The Morgan fingerprint density at radius 1 is 1.44 bits per heavy atom. The average molecular weight is 379 g/mol. The zero-order valence-corrected chi connectivity index (χ0v) is 13.6. The summed E-state index contributed by atoms with van der Waals surface area (Å²) in [5.74, 6) is 1.29. The van der Waals surface area contributed by atoms with Crippen LogP contribution in [-0.2, 0) is 16.2 Å². The number of rotatable bonds is 4. The fraction of sp³-hybridized carbons (Fsp3) is 0.462. The van der Waals surface area contributed by atoms with Crippen LogP contribution in [0.15, 0.2) is 18.2 Å². The number of fused-ring (bicyclic) bond motifs is 1. The molecule has 0 unspecified atom stereocenters. The van der Waals surface area contributed by atoms with E-state index in [0.717, 1.165) is 16.9 Å². The zero-order chi connectivity index (χ0) is 13.3. The van der Waals surface area contributed by atoms with E-state index in [1.165, 1.54) is 3.57 Å². The number of hydrogen-bond acceptors (Lipinski definition) is 2. The first-order chi connectivity index (χ1) is 8.49. The van der Waals surface area contributed by atoms with Crippen LogP contribution < -0.4 is 0 Å². The third-order valence-electron chi connectivity index (χ3n) is 2.91. The molecule has 0 fully saturated rings. The van der Waals surface area contributed by atoms with Crippen LogP contribution in [0.5, 0.6) is 0 Å². The topological polar surface area (TPSA) is 27.1 Å². The summed E-state index contributed by atoms with van der Waals surface area (Å²) in [4.78, 5) is 4.61. The molecule has 0 aliphatic rings. The zero-order valence-electron chi connectivity index (χ0n) is 10.7. The molecule has 0 atom stereocenters. The highest BCUT2D eigenvalue weighted by atomic mass is 127. The molecule has 5 heteroatoms. The fourth-order valence-electron chi connectivity index (χ4n) is 2.29. The van der Waals surface area contributed by atoms with Gasteiger partial charge in [-0.1, -0.05) is 0 Å². The summed E-state index contributed by atoms with van der Waals surface area (Å²) >= 11 is 8.32. The van der Waals surface area contributed by atoms with E-state index in [9.17, 15) is 0 Å². The van der Waals surface area contributed by atoms with Crippen molar-refractivity contribution in [1.82, 2.24) is 9.55 Å². The van der Waals surface area contributed by atoms with E-state index in [1.54, 1.807) is 7.11 Å². The summed E-state index contributed by atoms with van der Waals surface area (Å²) in [6.45, 7) is 4.88. The lowest BCUT2D eigenvalue weighted by molar-refractivity contribution is 0.110. The van der Waals surface area contributed by atoms with Gasteiger partial charge in [0.25, 0.3) is 0 Å². The first-order valence-corrected chi connectivity index (χ1v) is 7.33. The van der Waals surface area contributed by atoms with Gasteiger partial charge in [-0.15, -0.1) is 11.6 Å². The van der Waals surface area contributed by atoms with Crippen LogP contribution in [0.1, 0.15) is 19.7 Å². The normalized spacial score (nSPS) is 12.3. The van der Waals surface area contributed by atoms with Crippen molar-refractivity contribution in [3.05, 3.63) is 27.6 Å². The molecule has 0 radical (unpaired) electrons. The Bertz CT molecular complexity index is 565. The molecule has 18 heavy (non-hydrogen) atoms. The molecule has 0 saturated heterocycles. The molecular formula is C13H16ClIN2O. The van der Waals surface area contributed by atoms with Crippen molar-refractivity contribution >= 4 is 45.2 Å². The van der Waals surface area contributed by atoms with Crippen molar-refractivity contribution in [2.75, 3.05) is 13.7 Å². The van der Waals surface area contributed by atoms with E-state index in [4.69, 9.17) is 16.3 Å². The lowest BCUT2D eigenvalue weighted by atomic mass is 10.1. The Labute approximate surface area is 126 Å². The maximum atomic E-state index is 6.02. The summed E-state index contributed by atoms with van der Waals surface area (Å²) < 4.78 is 8.66. The summed E-state index contributed by atoms with van der Waals surface area (Å²) in [5, 5.41) is 0. The highest BCUT2D eigenvalue weighted by Gasteiger charge is 2.25. The molecular weight excluding hydrogens is 363 g/mol. The number of hydrogen-bond donors (Lipinski definition) is 0. The molecule has 0 amide bonds. The van der Waals surface area contributed by atoms with Gasteiger partial charge in [0.05, 0.1) is 29.1 Å². The van der Waals surface area contributed by atoms with Gasteiger partial charge in [-0.25, -0.2) is 4.98 Å². The Morgan fingerprint density at radius 3 is 2.78 bits per heavy atom. The Balaban J connectivity index is 2.67. The van der Waals surface area contributed by atoms with Crippen molar-refractivity contribution in [3.63, 3.8) is 0 Å². The number of ether oxygens (including phenoxy) is 1. The number of halogens is 2. The molecule has 0 aliphatic carbocycles. The second-order valence-corrected chi connectivity index (χ2v) is 6.39. The van der Waals surface area contributed by atoms with E-state index in [2.05, 4.69) is 64.2 Å². The van der Waals surface area contributed by atoms with Crippen molar-refractivity contribution in [3.8, 4) is 0 Å². The van der Waals surface area contributed by atoms with Crippen molar-refractivity contribution in [2.45, 2.75) is 25.3 Å². The summed E-state index contributed by atoms with van der Waals surface area (Å²) in [6.07, 6.45) is 0. The minimum Gasteiger partial charge on any atom is -0.382 e. The van der Waals surface area contributed by atoms with E-state index in [1.807, 2.05) is 0 Å². The van der Waals surface area contributed by atoms with Crippen LogP contribution >= 0.6 is 34.2 Å². The predicted molar refractivity (Wildman–Crippen MR) is 83.2 cm³/mol. The van der Waals surface area contributed by atoms with Crippen LogP contribution in [0.4, 0.5) is 0 Å². The van der Waals surface area contributed by atoms with Gasteiger partial charge >= 0.3 is 0 Å². The third-order valence-corrected chi connectivity index (χ3v) is 3.82. The molecule has 0 spiro atoms. The molecule has 3 nitrogen and oxygen atoms in total. The summed E-state index contributed by atoms with van der Waals surface area (Å²) in [7, 11) is 1.71. The van der Waals surface area contributed by atoms with Crippen LogP contribution in [0.2, 0.25) is 0 Å². The van der Waals surface area contributed by atoms with Crippen molar-refractivity contribution in [1.29, 1.82) is 0 Å². The molecule has 1 heterocycles. The van der Waals surface area contributed by atoms with Gasteiger partial charge in [-0.05, 0) is 54.6 Å². The van der Waals surface area contributed by atoms with Gasteiger partial charge in [-0.3, -0.25) is 0 Å². The van der Waals surface area contributed by atoms with Gasteiger partial charge in [0.15, 0.2) is 0 Å². The molecule has 2 rings (SSSR count). The molecule has 1 aromatic carbocycles. The van der Waals surface area contributed by atoms with Crippen LogP contribution in [0.3, 0.4) is 0 Å². The maximum absolute atomic E-state index is 6.02. The van der Waals surface area contributed by atoms with Gasteiger partial charge < -0.3 is 9.30 Å². The smallest absolute Gasteiger partial charge is 0.125 e. The third kappa shape index (κ3) is 2.51. The monoisotopic (exact) mass is 378 g/mol. The second kappa shape index (κ2) is 5.35. The number of alkyl halides is 1. The standard InChI is InChI=1S/C13H16ClIN2O/c1-13(2,8-18-3)17-11-5-4-9(15)6-10(11)16-12(17)7-14/h4-6H,7-8H2,1-3H3. The van der Waals surface area contributed by atoms with Gasteiger partial charge in [0, 0.05) is 10.7 Å². The van der Waals surface area contributed by atoms with E-state index in [-0.39, 0.29) is 5.54 Å². The van der Waals surface area contributed by atoms with E-state index in [0.29, 0.717) is 12.5 Å². The Kier molecular flexibility index (Phi) is 4.18. The highest BCUT2D eigenvalue weighted by molar-refractivity contribution is 14.1. The number of methoxy groups -OCH3 is 1. The van der Waals surface area contributed by atoms with Gasteiger partial charge in [0.2, 0.25) is 0 Å². The number of imidazole rings is 1. The molecule has 1 aromatic heterocycles. The highest BCUT2D eigenvalue weighted by Crippen LogP contribution is 2.27. The first kappa shape index (κ1) is 14.1. The molecule has 0 saturated carbocycles. The second-order valence-electron chi connectivity index (χ2n) is 4.88. The van der Waals surface area contributed by atoms with Crippen molar-refractivity contribution < 1.29 is 4.74 Å². The maximum Gasteiger partial charge on any atom is 0.125 e. The number of aromatic nitrogens is 2. The molecule has 0 aliphatic heterocycles. The Hall–Kier alpha value is -0.330. The molecule has 2 aromatic rings. The number of benzene rings is 1. The van der Waals surface area contributed by atoms with E-state index >= 15 is 0 Å². The molecule has 0 bridgehead atoms. The quantitative estimate of drug-likeness (QED) is 0.598. The Morgan fingerprint density at radius 2 is 2.17 bits per heavy atom. The predicted octanol–water partition coefficient (Wildman–Crippen LogP) is 3.76. The van der Waals surface area contributed by atoms with Gasteiger partial charge in [-0.2, -0.15) is 0 Å². The van der Waals surface area contributed by atoms with Crippen LogP contribution in [-0.4, -0.2) is 23.3 Å². The lowest BCUT2D eigenvalue weighted by Crippen LogP contribution is -2.32. The molecule has 0 N–H and O–H groups in total. The lowest BCUT2D eigenvalue weighted by Gasteiger charge is -2.28. The molecule has 98 valence electrons. The summed E-state index contributed by atoms with van der Waals surface area (Å²) in [5.41, 5.74) is 1.93. The SMILES string of the molecule is COCC(C)(C)n1c(CCl)nc2cc(I)ccc21. The van der Waals surface area contributed by atoms with E-state index < -0.39 is 0 Å². The number of nitrogens with zero attached hydrogens (tertiary/aromatic N) is 2. The fourth-order valence-corrected chi connectivity index (χ4v) is 2.94. The summed E-state index contributed by atoms with van der Waals surface area (Å²) in [6, 6.07) is 6.25. The largest absolute Gasteiger partial charge is 0.382 e. The van der Waals surface area contributed by atoms with Crippen LogP contribution in [0, 0.1) is 3.57 Å². The van der Waals surface area contributed by atoms with Crippen LogP contribution in [0.25, 0.3) is 11.0 Å². The van der Waals surface area contributed by atoms with Gasteiger partial charge in [0.1, 0.15) is 5.82 Å². The minimum absolute atomic E-state index is 0.166. The van der Waals surface area contributed by atoms with Crippen molar-refractivity contribution in [2.24, 2.45) is 0 Å². The average Bonchev–Trinajstić information content (AvgIpc) is 2.66. The first-order valence-electron chi connectivity index (χ1n) is 5.72.